The van der Waals surface area contributed by atoms with Crippen molar-refractivity contribution in [3.8, 4) is 0 Å². The van der Waals surface area contributed by atoms with Gasteiger partial charge in [-0.05, 0) is 72.6 Å². The summed E-state index contributed by atoms with van der Waals surface area (Å²) < 4.78 is 1.06. The molecule has 17 heavy (non-hydrogen) atoms. The van der Waals surface area contributed by atoms with Crippen LogP contribution in [0.15, 0.2) is 22.8 Å². The van der Waals surface area contributed by atoms with Crippen molar-refractivity contribution in [3.63, 3.8) is 0 Å². The minimum Gasteiger partial charge on any atom is -0.314 e. The van der Waals surface area contributed by atoms with Crippen LogP contribution >= 0.6 is 15.9 Å². The molecule has 94 valence electrons. The smallest absolute Gasteiger partial charge is 0.0413 e. The van der Waals surface area contributed by atoms with Gasteiger partial charge in [-0.15, -0.1) is 0 Å². The minimum atomic E-state index is 0.746. The second-order valence-electron chi connectivity index (χ2n) is 4.86. The van der Waals surface area contributed by atoms with E-state index in [4.69, 9.17) is 0 Å². The maximum Gasteiger partial charge on any atom is 0.0413 e. The van der Waals surface area contributed by atoms with Crippen LogP contribution in [-0.4, -0.2) is 17.6 Å². The van der Waals surface area contributed by atoms with Gasteiger partial charge in [-0.25, -0.2) is 0 Å². The maximum absolute atomic E-state index is 4.41. The van der Waals surface area contributed by atoms with Crippen LogP contribution in [0.1, 0.15) is 38.3 Å². The van der Waals surface area contributed by atoms with Gasteiger partial charge in [0.15, 0.2) is 0 Å². The number of hydrogen-bond acceptors (Lipinski definition) is 2. The van der Waals surface area contributed by atoms with Gasteiger partial charge in [0.1, 0.15) is 0 Å². The van der Waals surface area contributed by atoms with Gasteiger partial charge in [0.05, 0.1) is 0 Å². The van der Waals surface area contributed by atoms with Crippen molar-refractivity contribution in [3.05, 3.63) is 28.5 Å². The van der Waals surface area contributed by atoms with E-state index in [1.165, 1.54) is 31.4 Å². The number of aromatic nitrogens is 1. The van der Waals surface area contributed by atoms with E-state index in [2.05, 4.69) is 45.3 Å². The molecule has 1 aliphatic carbocycles. The van der Waals surface area contributed by atoms with Crippen molar-refractivity contribution in [2.24, 2.45) is 5.92 Å². The molecular formula is C14H21BrN2. The SMILES string of the molecule is CCNC(CCCc1ccc(Br)cn1)C1CC1. The largest absolute Gasteiger partial charge is 0.314 e. The zero-order valence-electron chi connectivity index (χ0n) is 10.5. The fraction of sp³-hybridized carbons (Fsp3) is 0.643. The molecule has 1 unspecified atom stereocenters. The second-order valence-corrected chi connectivity index (χ2v) is 5.78. The van der Waals surface area contributed by atoms with Gasteiger partial charge in [0, 0.05) is 22.4 Å². The van der Waals surface area contributed by atoms with Gasteiger partial charge in [0.2, 0.25) is 0 Å². The van der Waals surface area contributed by atoms with Crippen molar-refractivity contribution in [2.45, 2.75) is 45.1 Å². The summed E-state index contributed by atoms with van der Waals surface area (Å²) in [6.07, 6.45) is 8.36. The van der Waals surface area contributed by atoms with E-state index in [-0.39, 0.29) is 0 Å². The van der Waals surface area contributed by atoms with E-state index in [0.29, 0.717) is 0 Å². The molecule has 0 aromatic carbocycles. The van der Waals surface area contributed by atoms with Crippen LogP contribution in [0.3, 0.4) is 0 Å². The van der Waals surface area contributed by atoms with E-state index in [0.717, 1.165) is 29.4 Å². The Labute approximate surface area is 112 Å². The first-order valence-electron chi connectivity index (χ1n) is 6.63. The van der Waals surface area contributed by atoms with Gasteiger partial charge in [-0.3, -0.25) is 4.98 Å². The normalized spacial score (nSPS) is 17.1. The van der Waals surface area contributed by atoms with Gasteiger partial charge in [-0.1, -0.05) is 6.92 Å². The third-order valence-electron chi connectivity index (χ3n) is 3.39. The number of nitrogens with one attached hydrogen (secondary N) is 1. The lowest BCUT2D eigenvalue weighted by Crippen LogP contribution is -2.30. The molecule has 0 amide bonds. The zero-order chi connectivity index (χ0) is 12.1. The Kier molecular flexibility index (Phi) is 4.99. The molecule has 1 N–H and O–H groups in total. The van der Waals surface area contributed by atoms with E-state index >= 15 is 0 Å². The molecule has 0 radical (unpaired) electrons. The minimum absolute atomic E-state index is 0.746. The molecular weight excluding hydrogens is 276 g/mol. The molecule has 1 fully saturated rings. The maximum atomic E-state index is 4.41. The molecule has 1 atom stereocenters. The number of aryl methyl sites for hydroxylation is 1. The number of hydrogen-bond donors (Lipinski definition) is 1. The average Bonchev–Trinajstić information content (AvgIpc) is 3.15. The van der Waals surface area contributed by atoms with Crippen LogP contribution in [0.4, 0.5) is 0 Å². The highest BCUT2D eigenvalue weighted by atomic mass is 79.9. The zero-order valence-corrected chi connectivity index (χ0v) is 12.0. The van der Waals surface area contributed by atoms with Crippen LogP contribution in [0.25, 0.3) is 0 Å². The van der Waals surface area contributed by atoms with Crippen LogP contribution in [0.2, 0.25) is 0 Å². The quantitative estimate of drug-likeness (QED) is 0.832. The summed E-state index contributed by atoms with van der Waals surface area (Å²) in [7, 11) is 0. The van der Waals surface area contributed by atoms with Gasteiger partial charge in [-0.2, -0.15) is 0 Å². The number of halogens is 1. The predicted molar refractivity (Wildman–Crippen MR) is 75.1 cm³/mol. The summed E-state index contributed by atoms with van der Waals surface area (Å²) in [5.41, 5.74) is 1.21. The van der Waals surface area contributed by atoms with E-state index < -0.39 is 0 Å². The van der Waals surface area contributed by atoms with Gasteiger partial charge in [0.25, 0.3) is 0 Å². The Hall–Kier alpha value is -0.410. The van der Waals surface area contributed by atoms with Crippen LogP contribution in [0.5, 0.6) is 0 Å². The summed E-state index contributed by atoms with van der Waals surface area (Å²) in [5, 5.41) is 3.61. The summed E-state index contributed by atoms with van der Waals surface area (Å²) in [4.78, 5) is 4.41. The molecule has 1 saturated carbocycles. The first-order valence-corrected chi connectivity index (χ1v) is 7.42. The Bertz CT molecular complexity index is 333. The average molecular weight is 297 g/mol. The van der Waals surface area contributed by atoms with Crippen LogP contribution in [-0.2, 0) is 6.42 Å². The number of nitrogens with zero attached hydrogens (tertiary/aromatic N) is 1. The summed E-state index contributed by atoms with van der Waals surface area (Å²) in [6, 6.07) is 4.93. The lowest BCUT2D eigenvalue weighted by Gasteiger charge is -2.16. The highest BCUT2D eigenvalue weighted by molar-refractivity contribution is 9.10. The van der Waals surface area contributed by atoms with Crippen molar-refractivity contribution in [1.82, 2.24) is 10.3 Å². The summed E-state index contributed by atoms with van der Waals surface area (Å²) in [5.74, 6) is 0.952. The van der Waals surface area contributed by atoms with Crippen molar-refractivity contribution in [2.75, 3.05) is 6.54 Å². The lowest BCUT2D eigenvalue weighted by atomic mass is 10.0. The Morgan fingerprint density at radius 3 is 2.88 bits per heavy atom. The Morgan fingerprint density at radius 1 is 1.47 bits per heavy atom. The summed E-state index contributed by atoms with van der Waals surface area (Å²) >= 11 is 3.41. The van der Waals surface area contributed by atoms with E-state index in [1.54, 1.807) is 0 Å². The van der Waals surface area contributed by atoms with Crippen LogP contribution in [0, 0.1) is 5.92 Å². The molecule has 0 aliphatic heterocycles. The van der Waals surface area contributed by atoms with Gasteiger partial charge < -0.3 is 5.32 Å². The highest BCUT2D eigenvalue weighted by Crippen LogP contribution is 2.34. The highest BCUT2D eigenvalue weighted by Gasteiger charge is 2.29. The topological polar surface area (TPSA) is 24.9 Å². The predicted octanol–water partition coefficient (Wildman–Crippen LogP) is 3.55. The molecule has 1 heterocycles. The molecule has 2 rings (SSSR count). The van der Waals surface area contributed by atoms with Crippen LogP contribution < -0.4 is 5.32 Å². The van der Waals surface area contributed by atoms with Crippen molar-refractivity contribution >= 4 is 15.9 Å². The lowest BCUT2D eigenvalue weighted by molar-refractivity contribution is 0.433. The molecule has 0 bridgehead atoms. The van der Waals surface area contributed by atoms with E-state index in [1.807, 2.05) is 6.20 Å². The fourth-order valence-electron chi connectivity index (χ4n) is 2.32. The number of rotatable bonds is 7. The van der Waals surface area contributed by atoms with Crippen molar-refractivity contribution < 1.29 is 0 Å². The second kappa shape index (κ2) is 6.50. The Morgan fingerprint density at radius 2 is 2.29 bits per heavy atom. The molecule has 1 aromatic heterocycles. The molecule has 0 saturated heterocycles. The third kappa shape index (κ3) is 4.40. The van der Waals surface area contributed by atoms with E-state index in [9.17, 15) is 0 Å². The monoisotopic (exact) mass is 296 g/mol. The molecule has 1 aromatic rings. The third-order valence-corrected chi connectivity index (χ3v) is 3.86. The summed E-state index contributed by atoms with van der Waals surface area (Å²) in [6.45, 7) is 3.29. The first kappa shape index (κ1) is 13.0. The molecule has 0 spiro atoms. The molecule has 1 aliphatic rings. The standard InChI is InChI=1S/C14H21BrN2/c1-2-16-14(11-6-7-11)5-3-4-13-9-8-12(15)10-17-13/h8-11,14,16H,2-7H2,1H3. The first-order chi connectivity index (χ1) is 8.29. The Balaban J connectivity index is 1.72. The van der Waals surface area contributed by atoms with Crippen molar-refractivity contribution in [1.29, 1.82) is 0 Å². The molecule has 2 nitrogen and oxygen atoms in total. The number of pyridine rings is 1. The molecule has 3 heteroatoms. The van der Waals surface area contributed by atoms with Gasteiger partial charge >= 0.3 is 0 Å². The fourth-order valence-corrected chi connectivity index (χ4v) is 2.56.